The van der Waals surface area contributed by atoms with E-state index in [-0.39, 0.29) is 18.9 Å². The Bertz CT molecular complexity index is 405. The lowest BCUT2D eigenvalue weighted by Gasteiger charge is -2.10. The van der Waals surface area contributed by atoms with Crippen molar-refractivity contribution in [1.82, 2.24) is 5.32 Å². The number of carbonyl (C=O) groups is 1. The standard InChI is InChI=1S/C12H15F3N2O/c1-16-10-6-3-2-5-9(10)11(18)17-8-4-7-12(13,14)15/h2-3,5-6,16H,4,7-8H2,1H3,(H,17,18). The molecule has 0 spiro atoms. The summed E-state index contributed by atoms with van der Waals surface area (Å²) < 4.78 is 35.7. The van der Waals surface area contributed by atoms with Gasteiger partial charge in [0.15, 0.2) is 0 Å². The molecule has 0 aliphatic rings. The molecule has 1 amide bonds. The van der Waals surface area contributed by atoms with Crippen LogP contribution in [0.15, 0.2) is 24.3 Å². The second-order valence-electron chi connectivity index (χ2n) is 3.77. The predicted molar refractivity (Wildman–Crippen MR) is 63.6 cm³/mol. The van der Waals surface area contributed by atoms with Crippen molar-refractivity contribution in [3.63, 3.8) is 0 Å². The largest absolute Gasteiger partial charge is 0.389 e. The van der Waals surface area contributed by atoms with Gasteiger partial charge in [-0.25, -0.2) is 0 Å². The molecule has 0 bridgehead atoms. The van der Waals surface area contributed by atoms with Gasteiger partial charge in [0.1, 0.15) is 0 Å². The third-order valence-electron chi connectivity index (χ3n) is 2.36. The number of carbonyl (C=O) groups excluding carboxylic acids is 1. The van der Waals surface area contributed by atoms with E-state index in [1.54, 1.807) is 31.3 Å². The molecule has 0 atom stereocenters. The molecule has 1 aromatic rings. The summed E-state index contributed by atoms with van der Waals surface area (Å²) in [7, 11) is 1.68. The SMILES string of the molecule is CNc1ccccc1C(=O)NCCCC(F)(F)F. The maximum atomic E-state index is 11.9. The van der Waals surface area contributed by atoms with Crippen LogP contribution in [-0.2, 0) is 0 Å². The fraction of sp³-hybridized carbons (Fsp3) is 0.417. The van der Waals surface area contributed by atoms with Crippen LogP contribution in [0.3, 0.4) is 0 Å². The Morgan fingerprint density at radius 2 is 1.94 bits per heavy atom. The molecule has 2 N–H and O–H groups in total. The summed E-state index contributed by atoms with van der Waals surface area (Å²) in [6, 6.07) is 6.81. The van der Waals surface area contributed by atoms with Crippen molar-refractivity contribution >= 4 is 11.6 Å². The fourth-order valence-electron chi connectivity index (χ4n) is 1.49. The highest BCUT2D eigenvalue weighted by Crippen LogP contribution is 2.20. The van der Waals surface area contributed by atoms with Crippen LogP contribution in [0.25, 0.3) is 0 Å². The molecule has 0 aromatic heterocycles. The van der Waals surface area contributed by atoms with E-state index in [2.05, 4.69) is 10.6 Å². The summed E-state index contributed by atoms with van der Waals surface area (Å²) in [5, 5.41) is 5.32. The van der Waals surface area contributed by atoms with E-state index in [4.69, 9.17) is 0 Å². The summed E-state index contributed by atoms with van der Waals surface area (Å²) in [6.07, 6.45) is -5.18. The summed E-state index contributed by atoms with van der Waals surface area (Å²) in [5.41, 5.74) is 1.07. The molecule has 0 unspecified atom stereocenters. The van der Waals surface area contributed by atoms with Crippen LogP contribution in [0, 0.1) is 0 Å². The summed E-state index contributed by atoms with van der Waals surface area (Å²) in [4.78, 5) is 11.7. The molecule has 3 nitrogen and oxygen atoms in total. The number of anilines is 1. The molecule has 0 heterocycles. The van der Waals surface area contributed by atoms with Crippen molar-refractivity contribution in [1.29, 1.82) is 0 Å². The van der Waals surface area contributed by atoms with Gasteiger partial charge in [-0.1, -0.05) is 12.1 Å². The van der Waals surface area contributed by atoms with Gasteiger partial charge in [0.25, 0.3) is 5.91 Å². The van der Waals surface area contributed by atoms with Gasteiger partial charge in [0, 0.05) is 25.7 Å². The Kier molecular flexibility index (Phi) is 5.00. The van der Waals surface area contributed by atoms with Gasteiger partial charge in [0.2, 0.25) is 0 Å². The maximum Gasteiger partial charge on any atom is 0.389 e. The van der Waals surface area contributed by atoms with Crippen molar-refractivity contribution in [3.8, 4) is 0 Å². The molecule has 100 valence electrons. The average Bonchev–Trinajstić information content (AvgIpc) is 2.33. The molecule has 6 heteroatoms. The first-order chi connectivity index (χ1) is 8.44. The monoisotopic (exact) mass is 260 g/mol. The van der Waals surface area contributed by atoms with Crippen LogP contribution in [0.2, 0.25) is 0 Å². The molecular weight excluding hydrogens is 245 g/mol. The quantitative estimate of drug-likeness (QED) is 0.799. The second kappa shape index (κ2) is 6.28. The number of rotatable bonds is 5. The smallest absolute Gasteiger partial charge is 0.387 e. The number of hydrogen-bond donors (Lipinski definition) is 2. The number of amides is 1. The van der Waals surface area contributed by atoms with Crippen molar-refractivity contribution in [2.24, 2.45) is 0 Å². The van der Waals surface area contributed by atoms with E-state index in [1.807, 2.05) is 0 Å². The van der Waals surface area contributed by atoms with Crippen LogP contribution >= 0.6 is 0 Å². The van der Waals surface area contributed by atoms with Gasteiger partial charge in [-0.05, 0) is 18.6 Å². The van der Waals surface area contributed by atoms with Gasteiger partial charge >= 0.3 is 6.18 Å². The van der Waals surface area contributed by atoms with Crippen LogP contribution in [0.1, 0.15) is 23.2 Å². The lowest BCUT2D eigenvalue weighted by Crippen LogP contribution is -2.26. The average molecular weight is 260 g/mol. The Morgan fingerprint density at radius 3 is 2.56 bits per heavy atom. The fourth-order valence-corrected chi connectivity index (χ4v) is 1.49. The number of benzene rings is 1. The molecule has 0 saturated carbocycles. The topological polar surface area (TPSA) is 41.1 Å². The third-order valence-corrected chi connectivity index (χ3v) is 2.36. The highest BCUT2D eigenvalue weighted by molar-refractivity contribution is 5.99. The Labute approximate surface area is 103 Å². The minimum atomic E-state index is -4.17. The number of halogens is 3. The number of alkyl halides is 3. The van der Waals surface area contributed by atoms with Crippen molar-refractivity contribution in [2.75, 3.05) is 18.9 Å². The molecule has 0 fully saturated rings. The van der Waals surface area contributed by atoms with Crippen LogP contribution < -0.4 is 10.6 Å². The Morgan fingerprint density at radius 1 is 1.28 bits per heavy atom. The van der Waals surface area contributed by atoms with E-state index >= 15 is 0 Å². The molecular formula is C12H15F3N2O. The lowest BCUT2D eigenvalue weighted by atomic mass is 10.1. The van der Waals surface area contributed by atoms with Gasteiger partial charge in [-0.3, -0.25) is 4.79 Å². The molecule has 0 radical (unpaired) electrons. The van der Waals surface area contributed by atoms with Gasteiger partial charge < -0.3 is 10.6 Å². The van der Waals surface area contributed by atoms with E-state index < -0.39 is 12.6 Å². The van der Waals surface area contributed by atoms with Crippen LogP contribution in [0.4, 0.5) is 18.9 Å². The van der Waals surface area contributed by atoms with Crippen LogP contribution in [0.5, 0.6) is 0 Å². The number of hydrogen-bond acceptors (Lipinski definition) is 2. The zero-order valence-corrected chi connectivity index (χ0v) is 9.97. The number of para-hydroxylation sites is 1. The molecule has 0 aliphatic heterocycles. The third kappa shape index (κ3) is 4.65. The normalized spacial score (nSPS) is 11.1. The highest BCUT2D eigenvalue weighted by Gasteiger charge is 2.26. The van der Waals surface area contributed by atoms with Gasteiger partial charge in [-0.2, -0.15) is 13.2 Å². The van der Waals surface area contributed by atoms with Gasteiger partial charge in [0.05, 0.1) is 5.56 Å². The molecule has 1 aromatic carbocycles. The van der Waals surface area contributed by atoms with Crippen molar-refractivity contribution in [2.45, 2.75) is 19.0 Å². The Hall–Kier alpha value is -1.72. The first kappa shape index (κ1) is 14.3. The number of nitrogens with one attached hydrogen (secondary N) is 2. The molecule has 0 saturated heterocycles. The van der Waals surface area contributed by atoms with Crippen molar-refractivity contribution in [3.05, 3.63) is 29.8 Å². The van der Waals surface area contributed by atoms with E-state index in [9.17, 15) is 18.0 Å². The van der Waals surface area contributed by atoms with Gasteiger partial charge in [-0.15, -0.1) is 0 Å². The Balaban J connectivity index is 2.46. The summed E-state index contributed by atoms with van der Waals surface area (Å²) >= 11 is 0. The van der Waals surface area contributed by atoms with E-state index in [0.29, 0.717) is 11.3 Å². The first-order valence-corrected chi connectivity index (χ1v) is 5.56. The second-order valence-corrected chi connectivity index (χ2v) is 3.77. The molecule has 18 heavy (non-hydrogen) atoms. The predicted octanol–water partition coefficient (Wildman–Crippen LogP) is 2.80. The maximum absolute atomic E-state index is 11.9. The highest BCUT2D eigenvalue weighted by atomic mass is 19.4. The molecule has 1 rings (SSSR count). The van der Waals surface area contributed by atoms with Crippen LogP contribution in [-0.4, -0.2) is 25.7 Å². The van der Waals surface area contributed by atoms with Crippen molar-refractivity contribution < 1.29 is 18.0 Å². The zero-order valence-electron chi connectivity index (χ0n) is 9.97. The minimum Gasteiger partial charge on any atom is -0.387 e. The summed E-state index contributed by atoms with van der Waals surface area (Å²) in [6.45, 7) is 0.0103. The zero-order chi connectivity index (χ0) is 13.6. The molecule has 0 aliphatic carbocycles. The summed E-state index contributed by atoms with van der Waals surface area (Å²) in [5.74, 6) is -0.373. The lowest BCUT2D eigenvalue weighted by molar-refractivity contribution is -0.135. The minimum absolute atomic E-state index is 0.0103. The van der Waals surface area contributed by atoms with E-state index in [0.717, 1.165) is 0 Å². The first-order valence-electron chi connectivity index (χ1n) is 5.56. The van der Waals surface area contributed by atoms with E-state index in [1.165, 1.54) is 0 Å².